The van der Waals surface area contributed by atoms with E-state index in [0.29, 0.717) is 17.6 Å². The maximum absolute atomic E-state index is 13.4. The molecule has 0 amide bonds. The SMILES string of the molecule is O=C1/C(=C/c2cccc(-c3cccnc3)c2)Cc2ccc(F)cc21. The quantitative estimate of drug-likeness (QED) is 0.641. The Morgan fingerprint density at radius 3 is 2.71 bits per heavy atom. The molecule has 0 N–H and O–H groups in total. The Hall–Kier alpha value is -3.07. The van der Waals surface area contributed by atoms with Crippen LogP contribution in [0.2, 0.25) is 0 Å². The summed E-state index contributed by atoms with van der Waals surface area (Å²) in [6, 6.07) is 16.3. The van der Waals surface area contributed by atoms with Crippen LogP contribution >= 0.6 is 0 Å². The van der Waals surface area contributed by atoms with Crippen molar-refractivity contribution >= 4 is 11.9 Å². The van der Waals surface area contributed by atoms with E-state index in [0.717, 1.165) is 22.3 Å². The predicted molar refractivity (Wildman–Crippen MR) is 92.1 cm³/mol. The van der Waals surface area contributed by atoms with Crippen molar-refractivity contribution in [1.82, 2.24) is 4.98 Å². The largest absolute Gasteiger partial charge is 0.289 e. The third-order valence-corrected chi connectivity index (χ3v) is 4.21. The fraction of sp³-hybridized carbons (Fsp3) is 0.0476. The first-order chi connectivity index (χ1) is 11.7. The van der Waals surface area contributed by atoms with Crippen molar-refractivity contribution < 1.29 is 9.18 Å². The Morgan fingerprint density at radius 1 is 1.00 bits per heavy atom. The van der Waals surface area contributed by atoms with Crippen molar-refractivity contribution in [3.05, 3.63) is 95.1 Å². The number of rotatable bonds is 2. The smallest absolute Gasteiger partial charge is 0.189 e. The van der Waals surface area contributed by atoms with Gasteiger partial charge in [0.2, 0.25) is 0 Å². The fourth-order valence-electron chi connectivity index (χ4n) is 3.03. The number of allylic oxidation sites excluding steroid dienone is 1. The molecule has 116 valence electrons. The second-order valence-electron chi connectivity index (χ2n) is 5.84. The summed E-state index contributed by atoms with van der Waals surface area (Å²) in [5.74, 6) is -0.460. The van der Waals surface area contributed by atoms with Crippen molar-refractivity contribution in [1.29, 1.82) is 0 Å². The molecule has 1 aromatic heterocycles. The van der Waals surface area contributed by atoms with E-state index in [1.165, 1.54) is 12.1 Å². The molecule has 0 spiro atoms. The minimum atomic E-state index is -0.373. The highest BCUT2D eigenvalue weighted by Gasteiger charge is 2.25. The van der Waals surface area contributed by atoms with Crippen molar-refractivity contribution in [2.75, 3.05) is 0 Å². The summed E-state index contributed by atoms with van der Waals surface area (Å²) in [6.45, 7) is 0. The van der Waals surface area contributed by atoms with Gasteiger partial charge in [0.05, 0.1) is 0 Å². The highest BCUT2D eigenvalue weighted by atomic mass is 19.1. The van der Waals surface area contributed by atoms with Gasteiger partial charge in [-0.1, -0.05) is 30.3 Å². The van der Waals surface area contributed by atoms with Crippen LogP contribution in [0.4, 0.5) is 4.39 Å². The first kappa shape index (κ1) is 14.5. The lowest BCUT2D eigenvalue weighted by molar-refractivity contribution is 0.104. The maximum atomic E-state index is 13.4. The summed E-state index contributed by atoms with van der Waals surface area (Å²) in [5.41, 5.74) is 5.08. The number of hydrogen-bond acceptors (Lipinski definition) is 2. The number of halogens is 1. The lowest BCUT2D eigenvalue weighted by Crippen LogP contribution is -1.95. The molecule has 3 aromatic rings. The molecule has 1 heterocycles. The third-order valence-electron chi connectivity index (χ3n) is 4.21. The number of Topliss-reactive ketones (excluding diaryl/α,β-unsaturated/α-hetero) is 1. The number of pyridine rings is 1. The molecule has 0 saturated heterocycles. The average molecular weight is 315 g/mol. The molecule has 24 heavy (non-hydrogen) atoms. The standard InChI is InChI=1S/C21H14FNO/c22-19-7-6-16-11-18(21(24)20(16)12-19)10-14-3-1-4-15(9-14)17-5-2-8-23-13-17/h1-10,12-13H,11H2/b18-10+. The molecule has 2 aromatic carbocycles. The second-order valence-corrected chi connectivity index (χ2v) is 5.84. The summed E-state index contributed by atoms with van der Waals surface area (Å²) in [5, 5.41) is 0. The van der Waals surface area contributed by atoms with Crippen LogP contribution in [0.15, 0.2) is 72.6 Å². The Bertz CT molecular complexity index is 961. The van der Waals surface area contributed by atoms with Crippen LogP contribution in [-0.4, -0.2) is 10.8 Å². The van der Waals surface area contributed by atoms with Gasteiger partial charge in [0.1, 0.15) is 5.82 Å². The molecule has 2 nitrogen and oxygen atoms in total. The molecule has 0 unspecified atom stereocenters. The number of carbonyl (C=O) groups excluding carboxylic acids is 1. The van der Waals surface area contributed by atoms with Crippen molar-refractivity contribution in [2.24, 2.45) is 0 Å². The van der Waals surface area contributed by atoms with Gasteiger partial charge in [0.25, 0.3) is 0 Å². The summed E-state index contributed by atoms with van der Waals surface area (Å²) in [7, 11) is 0. The van der Waals surface area contributed by atoms with E-state index in [4.69, 9.17) is 0 Å². The van der Waals surface area contributed by atoms with E-state index < -0.39 is 0 Å². The third kappa shape index (κ3) is 2.65. The highest BCUT2D eigenvalue weighted by molar-refractivity contribution is 6.15. The normalized spacial score (nSPS) is 14.9. The number of nitrogens with zero attached hydrogens (tertiary/aromatic N) is 1. The second kappa shape index (κ2) is 5.85. The molecule has 0 atom stereocenters. The van der Waals surface area contributed by atoms with Gasteiger partial charge in [-0.15, -0.1) is 0 Å². The Morgan fingerprint density at radius 2 is 1.88 bits per heavy atom. The number of carbonyl (C=O) groups is 1. The predicted octanol–water partition coefficient (Wildman–Crippen LogP) is 4.71. The van der Waals surface area contributed by atoms with Crippen LogP contribution in [-0.2, 0) is 6.42 Å². The van der Waals surface area contributed by atoms with Crippen LogP contribution in [0.3, 0.4) is 0 Å². The van der Waals surface area contributed by atoms with E-state index in [9.17, 15) is 9.18 Å². The summed E-state index contributed by atoms with van der Waals surface area (Å²) < 4.78 is 13.4. The van der Waals surface area contributed by atoms with E-state index in [1.807, 2.05) is 48.7 Å². The van der Waals surface area contributed by atoms with Crippen LogP contribution in [0.5, 0.6) is 0 Å². The number of ketones is 1. The molecule has 3 heteroatoms. The molecule has 0 fully saturated rings. The average Bonchev–Trinajstić information content (AvgIpc) is 2.92. The van der Waals surface area contributed by atoms with Gasteiger partial charge in [0, 0.05) is 35.5 Å². The van der Waals surface area contributed by atoms with E-state index in [2.05, 4.69) is 4.98 Å². The lowest BCUT2D eigenvalue weighted by Gasteiger charge is -2.03. The van der Waals surface area contributed by atoms with Gasteiger partial charge in [-0.3, -0.25) is 9.78 Å². The summed E-state index contributed by atoms with van der Waals surface area (Å²) in [6.07, 6.45) is 5.99. The van der Waals surface area contributed by atoms with Gasteiger partial charge < -0.3 is 0 Å². The van der Waals surface area contributed by atoms with E-state index in [1.54, 1.807) is 12.3 Å². The first-order valence-corrected chi connectivity index (χ1v) is 7.75. The minimum absolute atomic E-state index is 0.0868. The van der Waals surface area contributed by atoms with Crippen molar-refractivity contribution in [3.63, 3.8) is 0 Å². The molecular weight excluding hydrogens is 301 g/mol. The Balaban J connectivity index is 1.69. The Labute approximate surface area is 139 Å². The monoisotopic (exact) mass is 315 g/mol. The van der Waals surface area contributed by atoms with Gasteiger partial charge in [-0.2, -0.15) is 0 Å². The number of hydrogen-bond donors (Lipinski definition) is 0. The zero-order valence-electron chi connectivity index (χ0n) is 12.9. The number of aromatic nitrogens is 1. The zero-order valence-corrected chi connectivity index (χ0v) is 12.9. The molecule has 1 aliphatic carbocycles. The Kier molecular flexibility index (Phi) is 3.54. The first-order valence-electron chi connectivity index (χ1n) is 7.75. The van der Waals surface area contributed by atoms with Crippen LogP contribution in [0.25, 0.3) is 17.2 Å². The maximum Gasteiger partial charge on any atom is 0.189 e. The number of benzene rings is 2. The molecule has 1 aliphatic rings. The molecule has 0 aliphatic heterocycles. The van der Waals surface area contributed by atoms with Crippen molar-refractivity contribution in [2.45, 2.75) is 6.42 Å². The van der Waals surface area contributed by atoms with Gasteiger partial charge in [-0.05, 0) is 47.0 Å². The van der Waals surface area contributed by atoms with E-state index >= 15 is 0 Å². The highest BCUT2D eigenvalue weighted by Crippen LogP contribution is 2.29. The fourth-order valence-corrected chi connectivity index (χ4v) is 3.03. The van der Waals surface area contributed by atoms with E-state index in [-0.39, 0.29) is 11.6 Å². The van der Waals surface area contributed by atoms with Gasteiger partial charge >= 0.3 is 0 Å². The zero-order chi connectivity index (χ0) is 16.5. The van der Waals surface area contributed by atoms with Gasteiger partial charge in [-0.25, -0.2) is 4.39 Å². The number of fused-ring (bicyclic) bond motifs is 1. The van der Waals surface area contributed by atoms with Crippen LogP contribution in [0.1, 0.15) is 21.5 Å². The lowest BCUT2D eigenvalue weighted by atomic mass is 10.0. The van der Waals surface area contributed by atoms with Crippen molar-refractivity contribution in [3.8, 4) is 11.1 Å². The molecule has 0 radical (unpaired) electrons. The van der Waals surface area contributed by atoms with Crippen LogP contribution in [0, 0.1) is 5.82 Å². The van der Waals surface area contributed by atoms with Gasteiger partial charge in [0.15, 0.2) is 5.78 Å². The minimum Gasteiger partial charge on any atom is -0.289 e. The van der Waals surface area contributed by atoms with Crippen LogP contribution < -0.4 is 0 Å². The topological polar surface area (TPSA) is 30.0 Å². The molecular formula is C21H14FNO. The molecule has 4 rings (SSSR count). The summed E-state index contributed by atoms with van der Waals surface area (Å²) in [4.78, 5) is 16.6. The molecule has 0 saturated carbocycles. The molecule has 0 bridgehead atoms. The summed E-state index contributed by atoms with van der Waals surface area (Å²) >= 11 is 0.